The van der Waals surface area contributed by atoms with E-state index >= 15 is 0 Å². The van der Waals surface area contributed by atoms with Crippen molar-refractivity contribution in [1.82, 2.24) is 0 Å². The number of esters is 3. The Bertz CT molecular complexity index is 1360. The molecule has 46 heavy (non-hydrogen) atoms. The molecule has 12 nitrogen and oxygen atoms in total. The molecule has 2 saturated carbocycles. The van der Waals surface area contributed by atoms with Crippen LogP contribution in [0.15, 0.2) is 35.4 Å². The van der Waals surface area contributed by atoms with Crippen molar-refractivity contribution in [3.8, 4) is 0 Å². The van der Waals surface area contributed by atoms with Crippen LogP contribution in [0.3, 0.4) is 0 Å². The summed E-state index contributed by atoms with van der Waals surface area (Å²) in [6, 6.07) is 0. The summed E-state index contributed by atoms with van der Waals surface area (Å²) >= 11 is 0. The Kier molecular flexibility index (Phi) is 10.0. The zero-order valence-electron chi connectivity index (χ0n) is 27.9. The Hall–Kier alpha value is -3.43. The van der Waals surface area contributed by atoms with Gasteiger partial charge >= 0.3 is 30.1 Å². The molecule has 4 rings (SSSR count). The molecule has 0 heterocycles. The number of ether oxygens (including phenoxy) is 4. The molecule has 0 saturated heterocycles. The Morgan fingerprint density at radius 1 is 1.00 bits per heavy atom. The quantitative estimate of drug-likeness (QED) is 0.0855. The van der Waals surface area contributed by atoms with E-state index < -0.39 is 82.0 Å². The van der Waals surface area contributed by atoms with Crippen LogP contribution in [0.5, 0.6) is 0 Å². The minimum Gasteiger partial charge on any atom is -0.476 e. The molecule has 3 N–H and O–H groups in total. The van der Waals surface area contributed by atoms with Gasteiger partial charge < -0.3 is 34.3 Å². The summed E-state index contributed by atoms with van der Waals surface area (Å²) in [4.78, 5) is 41.5. The number of hydrogen-bond donors (Lipinski definition) is 3. The van der Waals surface area contributed by atoms with Gasteiger partial charge in [-0.3, -0.25) is 14.4 Å². The number of diazo groups is 1. The first kappa shape index (κ1) is 35.4. The van der Waals surface area contributed by atoms with E-state index in [2.05, 4.69) is 4.98 Å². The molecule has 9 atom stereocenters. The van der Waals surface area contributed by atoms with Crippen LogP contribution in [-0.4, -0.2) is 68.8 Å². The SMILES string of the molecule is CCCC(=O)OCC1=C[C@H]2[C@@H]3C(C)(C)[C@]3(OC(=O)CCC)[C@H](OC(=O)CCC)[C@@H](C)[C@]2(O)[C@@H]2C=C(C)[C@H](O/C(O)=C\[N+]#N)[C@@]2(O)C1. The van der Waals surface area contributed by atoms with E-state index in [0.717, 1.165) is 0 Å². The van der Waals surface area contributed by atoms with Gasteiger partial charge in [-0.25, -0.2) is 0 Å². The lowest BCUT2D eigenvalue weighted by molar-refractivity contribution is -0.237. The highest BCUT2D eigenvalue weighted by molar-refractivity contribution is 5.72. The first-order chi connectivity index (χ1) is 21.6. The summed E-state index contributed by atoms with van der Waals surface area (Å²) in [5.41, 5.74) is -4.71. The molecule has 0 radical (unpaired) electrons. The predicted molar refractivity (Wildman–Crippen MR) is 165 cm³/mol. The molecule has 0 amide bonds. The topological polar surface area (TPSA) is 177 Å². The number of hydrogen-bond acceptors (Lipinski definition) is 11. The summed E-state index contributed by atoms with van der Waals surface area (Å²) in [6.45, 7) is 12.7. The second-order valence-electron chi connectivity index (χ2n) is 14.0. The molecule has 0 aliphatic heterocycles. The molecular formula is C34H49N2O10+. The van der Waals surface area contributed by atoms with Crippen LogP contribution < -0.4 is 0 Å². The highest BCUT2D eigenvalue weighted by Crippen LogP contribution is 2.77. The number of carbonyl (C=O) groups excluding carboxylic acids is 3. The fourth-order valence-corrected chi connectivity index (χ4v) is 8.66. The maximum atomic E-state index is 13.2. The Morgan fingerprint density at radius 2 is 1.61 bits per heavy atom. The van der Waals surface area contributed by atoms with E-state index in [1.807, 2.05) is 40.7 Å². The third kappa shape index (κ3) is 5.59. The molecule has 12 heteroatoms. The monoisotopic (exact) mass is 645 g/mol. The smallest absolute Gasteiger partial charge is 0.429 e. The van der Waals surface area contributed by atoms with Gasteiger partial charge in [0.25, 0.3) is 0 Å². The number of aliphatic hydroxyl groups is 3. The summed E-state index contributed by atoms with van der Waals surface area (Å²) < 4.78 is 23.8. The van der Waals surface area contributed by atoms with E-state index in [4.69, 9.17) is 24.3 Å². The second kappa shape index (κ2) is 13.0. The molecular weight excluding hydrogens is 596 g/mol. The lowest BCUT2D eigenvalue weighted by Crippen LogP contribution is -2.66. The molecule has 0 aromatic carbocycles. The molecule has 4 aliphatic rings. The first-order valence-corrected chi connectivity index (χ1v) is 16.4. The Labute approximate surface area is 270 Å². The molecule has 2 fully saturated rings. The van der Waals surface area contributed by atoms with Gasteiger partial charge in [-0.05, 0) is 37.3 Å². The van der Waals surface area contributed by atoms with Crippen molar-refractivity contribution in [3.05, 3.63) is 40.4 Å². The predicted octanol–water partition coefficient (Wildman–Crippen LogP) is 5.01. The van der Waals surface area contributed by atoms with Gasteiger partial charge in [0, 0.05) is 54.8 Å². The van der Waals surface area contributed by atoms with E-state index in [9.17, 15) is 29.7 Å². The lowest BCUT2D eigenvalue weighted by atomic mass is 9.58. The molecule has 4 aliphatic carbocycles. The molecule has 0 unspecified atom stereocenters. The van der Waals surface area contributed by atoms with Crippen LogP contribution in [0.4, 0.5) is 0 Å². The second-order valence-corrected chi connectivity index (χ2v) is 14.0. The summed E-state index contributed by atoms with van der Waals surface area (Å²) in [6.07, 6.45) is 4.03. The lowest BCUT2D eigenvalue weighted by Gasteiger charge is -2.53. The first-order valence-electron chi connectivity index (χ1n) is 16.4. The van der Waals surface area contributed by atoms with Crippen LogP contribution >= 0.6 is 0 Å². The summed E-state index contributed by atoms with van der Waals surface area (Å²) in [5.74, 6) is -5.28. The largest absolute Gasteiger partial charge is 0.476 e. The number of carbonyl (C=O) groups is 3. The van der Waals surface area contributed by atoms with Gasteiger partial charge in [0.2, 0.25) is 5.39 Å². The average Bonchev–Trinajstić information content (AvgIpc) is 3.38. The average molecular weight is 646 g/mol. The highest BCUT2D eigenvalue weighted by atomic mass is 16.6. The van der Waals surface area contributed by atoms with E-state index in [1.165, 1.54) is 0 Å². The van der Waals surface area contributed by atoms with Crippen LogP contribution in [0, 0.1) is 34.5 Å². The van der Waals surface area contributed by atoms with Crippen molar-refractivity contribution in [2.75, 3.05) is 6.61 Å². The zero-order valence-corrected chi connectivity index (χ0v) is 27.9. The van der Waals surface area contributed by atoms with Gasteiger partial charge in [0.1, 0.15) is 18.3 Å². The van der Waals surface area contributed by atoms with Crippen molar-refractivity contribution in [2.24, 2.45) is 29.1 Å². The van der Waals surface area contributed by atoms with Crippen molar-refractivity contribution >= 4 is 17.9 Å². The molecule has 0 bridgehead atoms. The van der Waals surface area contributed by atoms with Gasteiger partial charge in [-0.15, -0.1) is 0 Å². The van der Waals surface area contributed by atoms with Crippen molar-refractivity contribution < 1.29 is 48.7 Å². The van der Waals surface area contributed by atoms with Crippen LogP contribution in [0.25, 0.3) is 4.98 Å². The van der Waals surface area contributed by atoms with Crippen LogP contribution in [0.1, 0.15) is 93.4 Å². The fourth-order valence-electron chi connectivity index (χ4n) is 8.66. The summed E-state index contributed by atoms with van der Waals surface area (Å²) in [5, 5.41) is 45.0. The van der Waals surface area contributed by atoms with Crippen LogP contribution in [-0.2, 0) is 33.3 Å². The number of nitrogens with zero attached hydrogens (tertiary/aromatic N) is 2. The molecule has 254 valence electrons. The summed E-state index contributed by atoms with van der Waals surface area (Å²) in [7, 11) is 0. The van der Waals surface area contributed by atoms with Gasteiger partial charge in [-0.1, -0.05) is 53.7 Å². The van der Waals surface area contributed by atoms with Crippen LogP contribution in [0.2, 0.25) is 0 Å². The Balaban J connectivity index is 1.91. The van der Waals surface area contributed by atoms with Crippen molar-refractivity contribution in [2.45, 2.75) is 122 Å². The number of rotatable bonds is 12. The zero-order chi connectivity index (χ0) is 34.2. The van der Waals surface area contributed by atoms with Gasteiger partial charge in [0.15, 0.2) is 16.7 Å². The maximum Gasteiger partial charge on any atom is 0.429 e. The minimum atomic E-state index is -1.89. The Morgan fingerprint density at radius 3 is 2.22 bits per heavy atom. The van der Waals surface area contributed by atoms with Crippen molar-refractivity contribution in [3.63, 3.8) is 0 Å². The third-order valence-corrected chi connectivity index (χ3v) is 10.7. The number of fused-ring (bicyclic) bond motifs is 5. The standard InChI is InChI=1S/C34H48N2O10/c1-8-11-24(37)43-18-21-15-22-28-31(6,7)34(28,46-26(39)13-10-3)30(44-25(38)12-9-2)20(5)33(22,42)23-14-19(4)29(32(23,41)16-21)45-27(40)17-36-35/h14-15,17,20,22-23,28-30,41-42H,8-13,16,18H2,1-7H3/p+1/b27-17-/t20-,22+,23-,28-,29+,30-,32-,33-,34-/m1/s1. The number of aliphatic hydroxyl groups excluding tert-OH is 1. The van der Waals surface area contributed by atoms with Crippen molar-refractivity contribution in [1.29, 1.82) is 5.39 Å². The molecule has 0 aromatic rings. The fraction of sp³-hybridized carbons (Fsp3) is 0.735. The maximum absolute atomic E-state index is 13.2. The van der Waals surface area contributed by atoms with Gasteiger partial charge in [0.05, 0.1) is 5.60 Å². The van der Waals surface area contributed by atoms with E-state index in [-0.39, 0.29) is 32.3 Å². The van der Waals surface area contributed by atoms with E-state index in [1.54, 1.807) is 19.9 Å². The molecule has 0 spiro atoms. The third-order valence-electron chi connectivity index (χ3n) is 10.7. The minimum absolute atomic E-state index is 0.110. The molecule has 0 aromatic heterocycles. The normalized spacial score (nSPS) is 37.2. The van der Waals surface area contributed by atoms with E-state index in [0.29, 0.717) is 36.6 Å². The highest BCUT2D eigenvalue weighted by Gasteiger charge is 2.88. The van der Waals surface area contributed by atoms with Gasteiger partial charge in [-0.2, -0.15) is 0 Å².